The lowest BCUT2D eigenvalue weighted by Gasteiger charge is -2.13. The average Bonchev–Trinajstić information content (AvgIpc) is 2.98. The third-order valence-electron chi connectivity index (χ3n) is 3.65. The Morgan fingerprint density at radius 2 is 2.13 bits per heavy atom. The highest BCUT2D eigenvalue weighted by molar-refractivity contribution is 5.89. The highest BCUT2D eigenvalue weighted by Gasteiger charge is 2.35. The zero-order valence-electron chi connectivity index (χ0n) is 12.4. The van der Waals surface area contributed by atoms with Crippen LogP contribution in [0.1, 0.15) is 24.8 Å². The van der Waals surface area contributed by atoms with Gasteiger partial charge >= 0.3 is 12.2 Å². The summed E-state index contributed by atoms with van der Waals surface area (Å²) < 4.78 is 56.7. The van der Waals surface area contributed by atoms with Crippen molar-refractivity contribution < 1.29 is 27.1 Å². The van der Waals surface area contributed by atoms with Crippen LogP contribution in [0.3, 0.4) is 0 Å². The first-order valence-corrected chi connectivity index (χ1v) is 7.36. The van der Waals surface area contributed by atoms with Crippen molar-refractivity contribution in [2.45, 2.75) is 25.4 Å². The molecule has 0 bridgehead atoms. The van der Waals surface area contributed by atoms with E-state index < -0.39 is 29.3 Å². The van der Waals surface area contributed by atoms with Gasteiger partial charge in [0, 0.05) is 19.8 Å². The Bertz CT molecular complexity index is 543. The molecule has 4 nitrogen and oxygen atoms in total. The van der Waals surface area contributed by atoms with Gasteiger partial charge in [0.1, 0.15) is 0 Å². The van der Waals surface area contributed by atoms with Crippen LogP contribution in [-0.2, 0) is 10.9 Å². The fourth-order valence-corrected chi connectivity index (χ4v) is 2.42. The number of halogens is 4. The summed E-state index contributed by atoms with van der Waals surface area (Å²) in [5.41, 5.74) is -1.90. The minimum absolute atomic E-state index is 0.364. The molecule has 1 aliphatic heterocycles. The summed E-state index contributed by atoms with van der Waals surface area (Å²) in [6.45, 7) is 1.85. The minimum Gasteiger partial charge on any atom is -0.381 e. The number of amides is 2. The highest BCUT2D eigenvalue weighted by Crippen LogP contribution is 2.33. The van der Waals surface area contributed by atoms with Crippen LogP contribution in [0, 0.1) is 11.7 Å². The van der Waals surface area contributed by atoms with Crippen LogP contribution in [0.4, 0.5) is 28.0 Å². The SMILES string of the molecule is O=C(NCCC[C@@H]1CCOC1)Nc1cccc(C(F)(F)F)c1F. The summed E-state index contributed by atoms with van der Waals surface area (Å²) in [5, 5.41) is 4.60. The quantitative estimate of drug-likeness (QED) is 0.636. The zero-order valence-corrected chi connectivity index (χ0v) is 12.4. The summed E-state index contributed by atoms with van der Waals surface area (Å²) in [6.07, 6.45) is -2.17. The molecule has 1 aromatic carbocycles. The highest BCUT2D eigenvalue weighted by atomic mass is 19.4. The fraction of sp³-hybridized carbons (Fsp3) is 0.533. The molecule has 1 atom stereocenters. The molecule has 1 saturated heterocycles. The molecule has 0 spiro atoms. The number of ether oxygens (including phenoxy) is 1. The zero-order chi connectivity index (χ0) is 16.9. The van der Waals surface area contributed by atoms with E-state index in [1.165, 1.54) is 0 Å². The van der Waals surface area contributed by atoms with E-state index in [0.29, 0.717) is 18.5 Å². The molecule has 0 unspecified atom stereocenters. The molecule has 1 aliphatic rings. The van der Waals surface area contributed by atoms with Crippen molar-refractivity contribution >= 4 is 11.7 Å². The Balaban J connectivity index is 1.80. The average molecular weight is 334 g/mol. The summed E-state index contributed by atoms with van der Waals surface area (Å²) in [5.74, 6) is -1.00. The van der Waals surface area contributed by atoms with Crippen molar-refractivity contribution in [3.05, 3.63) is 29.6 Å². The Kier molecular flexibility index (Phi) is 5.81. The molecule has 0 aromatic heterocycles. The van der Waals surface area contributed by atoms with Gasteiger partial charge in [0.25, 0.3) is 0 Å². The van der Waals surface area contributed by atoms with E-state index in [9.17, 15) is 22.4 Å². The van der Waals surface area contributed by atoms with Crippen molar-refractivity contribution in [1.82, 2.24) is 5.32 Å². The van der Waals surface area contributed by atoms with Gasteiger partial charge in [-0.05, 0) is 37.3 Å². The molecule has 2 amide bonds. The second-order valence-corrected chi connectivity index (χ2v) is 5.42. The van der Waals surface area contributed by atoms with Crippen LogP contribution in [0.5, 0.6) is 0 Å². The number of carbonyl (C=O) groups excluding carboxylic acids is 1. The molecule has 128 valence electrons. The molecule has 1 aromatic rings. The number of nitrogens with one attached hydrogen (secondary N) is 2. The van der Waals surface area contributed by atoms with E-state index in [2.05, 4.69) is 10.6 Å². The third-order valence-corrected chi connectivity index (χ3v) is 3.65. The fourth-order valence-electron chi connectivity index (χ4n) is 2.42. The van der Waals surface area contributed by atoms with Gasteiger partial charge in [-0.15, -0.1) is 0 Å². The number of carbonyl (C=O) groups is 1. The maximum Gasteiger partial charge on any atom is 0.419 e. The van der Waals surface area contributed by atoms with Crippen molar-refractivity contribution in [2.75, 3.05) is 25.1 Å². The third kappa shape index (κ3) is 5.09. The van der Waals surface area contributed by atoms with Crippen LogP contribution in [0.25, 0.3) is 0 Å². The Morgan fingerprint density at radius 3 is 2.78 bits per heavy atom. The lowest BCUT2D eigenvalue weighted by molar-refractivity contribution is -0.139. The maximum absolute atomic E-state index is 13.7. The molecule has 2 N–H and O–H groups in total. The summed E-state index contributed by atoms with van der Waals surface area (Å²) in [7, 11) is 0. The van der Waals surface area contributed by atoms with E-state index in [0.717, 1.165) is 44.6 Å². The number of hydrogen-bond donors (Lipinski definition) is 2. The monoisotopic (exact) mass is 334 g/mol. The first-order chi connectivity index (χ1) is 10.9. The lowest BCUT2D eigenvalue weighted by atomic mass is 10.0. The van der Waals surface area contributed by atoms with Gasteiger partial charge in [-0.2, -0.15) is 13.2 Å². The smallest absolute Gasteiger partial charge is 0.381 e. The normalized spacial score (nSPS) is 18.0. The first kappa shape index (κ1) is 17.5. The van der Waals surface area contributed by atoms with Gasteiger partial charge in [0.2, 0.25) is 0 Å². The van der Waals surface area contributed by atoms with E-state index in [1.54, 1.807) is 0 Å². The van der Waals surface area contributed by atoms with Crippen LogP contribution < -0.4 is 10.6 Å². The van der Waals surface area contributed by atoms with Gasteiger partial charge in [0.15, 0.2) is 5.82 Å². The summed E-state index contributed by atoms with van der Waals surface area (Å²) in [6, 6.07) is 2.02. The molecule has 0 radical (unpaired) electrons. The molecular weight excluding hydrogens is 316 g/mol. The number of alkyl halides is 3. The molecule has 8 heteroatoms. The summed E-state index contributed by atoms with van der Waals surface area (Å²) >= 11 is 0. The van der Waals surface area contributed by atoms with E-state index in [4.69, 9.17) is 4.74 Å². The van der Waals surface area contributed by atoms with Gasteiger partial charge in [-0.25, -0.2) is 9.18 Å². The van der Waals surface area contributed by atoms with Crippen LogP contribution in [0.15, 0.2) is 18.2 Å². The molecule has 0 saturated carbocycles. The van der Waals surface area contributed by atoms with Crippen LogP contribution in [-0.4, -0.2) is 25.8 Å². The van der Waals surface area contributed by atoms with Gasteiger partial charge in [0.05, 0.1) is 11.3 Å². The number of rotatable bonds is 5. The standard InChI is InChI=1S/C15H18F4N2O2/c16-13-11(15(17,18)19)4-1-5-12(13)21-14(22)20-7-2-3-10-6-8-23-9-10/h1,4-5,10H,2-3,6-9H2,(H2,20,21,22)/t10-/m1/s1. The number of anilines is 1. The molecule has 1 heterocycles. The Labute approximate surface area is 131 Å². The Morgan fingerprint density at radius 1 is 1.35 bits per heavy atom. The van der Waals surface area contributed by atoms with Crippen molar-refractivity contribution in [3.63, 3.8) is 0 Å². The predicted octanol–water partition coefficient (Wildman–Crippen LogP) is 3.78. The largest absolute Gasteiger partial charge is 0.419 e. The number of hydrogen-bond acceptors (Lipinski definition) is 2. The van der Waals surface area contributed by atoms with Crippen LogP contribution in [0.2, 0.25) is 0 Å². The first-order valence-electron chi connectivity index (χ1n) is 7.36. The lowest BCUT2D eigenvalue weighted by Crippen LogP contribution is -2.30. The van der Waals surface area contributed by atoms with Crippen molar-refractivity contribution in [1.29, 1.82) is 0 Å². The molecular formula is C15H18F4N2O2. The van der Waals surface area contributed by atoms with Gasteiger partial charge in [-0.3, -0.25) is 0 Å². The van der Waals surface area contributed by atoms with Crippen LogP contribution >= 0.6 is 0 Å². The number of benzene rings is 1. The maximum atomic E-state index is 13.7. The van der Waals surface area contributed by atoms with Gasteiger partial charge in [-0.1, -0.05) is 6.07 Å². The van der Waals surface area contributed by atoms with Crippen molar-refractivity contribution in [3.8, 4) is 0 Å². The van der Waals surface area contributed by atoms with E-state index in [1.807, 2.05) is 0 Å². The molecule has 2 rings (SSSR count). The summed E-state index contributed by atoms with van der Waals surface area (Å²) in [4.78, 5) is 11.6. The second kappa shape index (κ2) is 7.63. The van der Waals surface area contributed by atoms with Crippen molar-refractivity contribution in [2.24, 2.45) is 5.92 Å². The molecule has 23 heavy (non-hydrogen) atoms. The van der Waals surface area contributed by atoms with Gasteiger partial charge < -0.3 is 15.4 Å². The molecule has 0 aliphatic carbocycles. The van der Waals surface area contributed by atoms with E-state index in [-0.39, 0.29) is 0 Å². The molecule has 1 fully saturated rings. The van der Waals surface area contributed by atoms with E-state index >= 15 is 0 Å². The number of urea groups is 1. The topological polar surface area (TPSA) is 50.4 Å². The predicted molar refractivity (Wildman–Crippen MR) is 76.6 cm³/mol. The Hall–Kier alpha value is -1.83. The second-order valence-electron chi connectivity index (χ2n) is 5.42. The minimum atomic E-state index is -4.80.